The zero-order chi connectivity index (χ0) is 16.3. The van der Waals surface area contributed by atoms with Crippen molar-refractivity contribution in [1.82, 2.24) is 4.98 Å². The van der Waals surface area contributed by atoms with Crippen LogP contribution in [-0.2, 0) is 0 Å². The standard InChI is InChI=1S/C11H11F7N2O/c1-2-3-19-8-6(12)4-7(13)9(20-8)21-5-10(14,15)11(16,17)18/h4H,2-3,5H2,1H3,(H,19,20). The Morgan fingerprint density at radius 3 is 2.29 bits per heavy atom. The van der Waals surface area contributed by atoms with Crippen LogP contribution in [0.5, 0.6) is 5.88 Å². The van der Waals surface area contributed by atoms with Gasteiger partial charge in [0.2, 0.25) is 0 Å². The van der Waals surface area contributed by atoms with Gasteiger partial charge in [-0.15, -0.1) is 0 Å². The Bertz CT molecular complexity index is 490. The lowest BCUT2D eigenvalue weighted by molar-refractivity contribution is -0.290. The monoisotopic (exact) mass is 320 g/mol. The first kappa shape index (κ1) is 17.3. The maximum absolute atomic E-state index is 13.3. The van der Waals surface area contributed by atoms with Crippen molar-refractivity contribution < 1.29 is 35.5 Å². The zero-order valence-corrected chi connectivity index (χ0v) is 10.7. The summed E-state index contributed by atoms with van der Waals surface area (Å²) in [5, 5.41) is 2.42. The van der Waals surface area contributed by atoms with Crippen molar-refractivity contribution in [3.8, 4) is 5.88 Å². The van der Waals surface area contributed by atoms with Gasteiger partial charge >= 0.3 is 12.1 Å². The molecule has 0 radical (unpaired) electrons. The first-order valence-corrected chi connectivity index (χ1v) is 5.75. The Morgan fingerprint density at radius 1 is 1.14 bits per heavy atom. The second-order valence-electron chi connectivity index (χ2n) is 4.02. The molecule has 0 aromatic carbocycles. The second-order valence-corrected chi connectivity index (χ2v) is 4.02. The van der Waals surface area contributed by atoms with E-state index in [0.29, 0.717) is 6.42 Å². The molecule has 1 aromatic heterocycles. The van der Waals surface area contributed by atoms with Gasteiger partial charge in [-0.25, -0.2) is 8.78 Å². The minimum atomic E-state index is -5.84. The van der Waals surface area contributed by atoms with E-state index in [1.807, 2.05) is 0 Å². The SMILES string of the molecule is CCCNc1nc(OCC(F)(F)C(F)(F)F)c(F)cc1F. The van der Waals surface area contributed by atoms with Gasteiger partial charge < -0.3 is 10.1 Å². The normalized spacial score (nSPS) is 12.4. The van der Waals surface area contributed by atoms with Crippen molar-refractivity contribution in [2.75, 3.05) is 18.5 Å². The van der Waals surface area contributed by atoms with Crippen molar-refractivity contribution >= 4 is 5.82 Å². The first-order valence-electron chi connectivity index (χ1n) is 5.75. The van der Waals surface area contributed by atoms with Crippen LogP contribution in [0.3, 0.4) is 0 Å². The minimum absolute atomic E-state index is 0.244. The highest BCUT2D eigenvalue weighted by atomic mass is 19.4. The van der Waals surface area contributed by atoms with E-state index in [9.17, 15) is 30.7 Å². The number of ether oxygens (including phenoxy) is 1. The summed E-state index contributed by atoms with van der Waals surface area (Å²) in [5.74, 6) is -9.40. The molecule has 0 saturated heterocycles. The Balaban J connectivity index is 2.88. The molecule has 0 bridgehead atoms. The molecular formula is C11H11F7N2O. The molecule has 0 amide bonds. The van der Waals surface area contributed by atoms with Gasteiger partial charge in [0, 0.05) is 12.6 Å². The van der Waals surface area contributed by atoms with Crippen LogP contribution in [0.2, 0.25) is 0 Å². The molecule has 0 spiro atoms. The molecule has 21 heavy (non-hydrogen) atoms. The molecule has 0 aliphatic heterocycles. The summed E-state index contributed by atoms with van der Waals surface area (Å²) in [7, 11) is 0. The van der Waals surface area contributed by atoms with Crippen molar-refractivity contribution in [3.05, 3.63) is 17.7 Å². The molecule has 0 atom stereocenters. The summed E-state index contributed by atoms with van der Waals surface area (Å²) in [6, 6.07) is 0.284. The lowest BCUT2D eigenvalue weighted by atomic mass is 10.3. The summed E-state index contributed by atoms with van der Waals surface area (Å²) < 4.78 is 91.6. The number of pyridine rings is 1. The minimum Gasteiger partial charge on any atom is -0.469 e. The number of hydrogen-bond donors (Lipinski definition) is 1. The summed E-state index contributed by atoms with van der Waals surface area (Å²) in [4.78, 5) is 3.21. The zero-order valence-electron chi connectivity index (χ0n) is 10.7. The molecule has 0 aliphatic carbocycles. The van der Waals surface area contributed by atoms with E-state index >= 15 is 0 Å². The average Bonchev–Trinajstić information content (AvgIpc) is 2.35. The van der Waals surface area contributed by atoms with Gasteiger partial charge in [-0.1, -0.05) is 6.92 Å². The van der Waals surface area contributed by atoms with Crippen LogP contribution >= 0.6 is 0 Å². The third kappa shape index (κ3) is 4.36. The molecule has 1 rings (SSSR count). The van der Waals surface area contributed by atoms with Crippen LogP contribution in [0.1, 0.15) is 13.3 Å². The predicted octanol–water partition coefficient (Wildman–Crippen LogP) is 3.76. The van der Waals surface area contributed by atoms with E-state index in [1.54, 1.807) is 6.92 Å². The highest BCUT2D eigenvalue weighted by Gasteiger charge is 2.58. The largest absolute Gasteiger partial charge is 0.469 e. The Hall–Kier alpha value is -1.74. The second kappa shape index (κ2) is 6.35. The Kier molecular flexibility index (Phi) is 5.24. The summed E-state index contributed by atoms with van der Waals surface area (Å²) >= 11 is 0. The molecule has 10 heteroatoms. The van der Waals surface area contributed by atoms with Crippen LogP contribution in [0, 0.1) is 11.6 Å². The van der Waals surface area contributed by atoms with Crippen LogP contribution in [0.15, 0.2) is 6.07 Å². The summed E-state index contributed by atoms with van der Waals surface area (Å²) in [5.41, 5.74) is 0. The Labute approximate surface area is 115 Å². The van der Waals surface area contributed by atoms with Crippen molar-refractivity contribution in [2.45, 2.75) is 25.4 Å². The van der Waals surface area contributed by atoms with Gasteiger partial charge in [0.1, 0.15) is 0 Å². The maximum atomic E-state index is 13.3. The van der Waals surface area contributed by atoms with E-state index in [0.717, 1.165) is 0 Å². The predicted molar refractivity (Wildman–Crippen MR) is 59.4 cm³/mol. The number of halogens is 7. The van der Waals surface area contributed by atoms with E-state index in [-0.39, 0.29) is 12.6 Å². The number of hydrogen-bond acceptors (Lipinski definition) is 3. The molecule has 1 N–H and O–H groups in total. The van der Waals surface area contributed by atoms with Gasteiger partial charge in [0.05, 0.1) is 0 Å². The van der Waals surface area contributed by atoms with Crippen LogP contribution < -0.4 is 10.1 Å². The topological polar surface area (TPSA) is 34.2 Å². The van der Waals surface area contributed by atoms with Gasteiger partial charge in [-0.2, -0.15) is 26.9 Å². The van der Waals surface area contributed by atoms with Crippen LogP contribution in [0.25, 0.3) is 0 Å². The quantitative estimate of drug-likeness (QED) is 0.811. The molecule has 0 unspecified atom stereocenters. The molecule has 0 fully saturated rings. The third-order valence-corrected chi connectivity index (χ3v) is 2.24. The third-order valence-electron chi connectivity index (χ3n) is 2.24. The fourth-order valence-electron chi connectivity index (χ4n) is 1.16. The van der Waals surface area contributed by atoms with Gasteiger partial charge in [-0.05, 0) is 6.42 Å². The van der Waals surface area contributed by atoms with Crippen LogP contribution in [0.4, 0.5) is 36.6 Å². The summed E-state index contributed by atoms with van der Waals surface area (Å²) in [6.07, 6.45) is -5.28. The number of rotatable bonds is 6. The molecular weight excluding hydrogens is 309 g/mol. The fourth-order valence-corrected chi connectivity index (χ4v) is 1.16. The number of nitrogens with one attached hydrogen (secondary N) is 1. The van der Waals surface area contributed by atoms with Crippen LogP contribution in [-0.4, -0.2) is 30.2 Å². The number of nitrogens with zero attached hydrogens (tertiary/aromatic N) is 1. The highest BCUT2D eigenvalue weighted by molar-refractivity contribution is 5.39. The van der Waals surface area contributed by atoms with E-state index in [1.165, 1.54) is 0 Å². The van der Waals surface area contributed by atoms with Crippen molar-refractivity contribution in [2.24, 2.45) is 0 Å². The van der Waals surface area contributed by atoms with E-state index in [2.05, 4.69) is 15.0 Å². The lowest BCUT2D eigenvalue weighted by Crippen LogP contribution is -2.42. The highest BCUT2D eigenvalue weighted by Crippen LogP contribution is 2.36. The van der Waals surface area contributed by atoms with Gasteiger partial charge in [-0.3, -0.25) is 0 Å². The smallest absolute Gasteiger partial charge is 0.456 e. The van der Waals surface area contributed by atoms with Crippen molar-refractivity contribution in [3.63, 3.8) is 0 Å². The number of alkyl halides is 5. The number of aromatic nitrogens is 1. The molecule has 0 aliphatic rings. The molecule has 1 aromatic rings. The van der Waals surface area contributed by atoms with Gasteiger partial charge in [0.25, 0.3) is 5.88 Å². The summed E-state index contributed by atoms with van der Waals surface area (Å²) in [6.45, 7) is -0.178. The Morgan fingerprint density at radius 2 is 1.76 bits per heavy atom. The van der Waals surface area contributed by atoms with Crippen molar-refractivity contribution in [1.29, 1.82) is 0 Å². The molecule has 1 heterocycles. The van der Waals surface area contributed by atoms with E-state index < -0.39 is 42.0 Å². The van der Waals surface area contributed by atoms with Gasteiger partial charge in [0.15, 0.2) is 24.1 Å². The first-order chi connectivity index (χ1) is 9.58. The molecule has 3 nitrogen and oxygen atoms in total. The average molecular weight is 320 g/mol. The molecule has 120 valence electrons. The lowest BCUT2D eigenvalue weighted by Gasteiger charge is -2.19. The van der Waals surface area contributed by atoms with E-state index in [4.69, 9.17) is 0 Å². The fraction of sp³-hybridized carbons (Fsp3) is 0.545. The molecule has 0 saturated carbocycles. The maximum Gasteiger partial charge on any atom is 0.456 e. The number of anilines is 1.